The average molecular weight is 424 g/mol. The second-order valence-electron chi connectivity index (χ2n) is 7.86. The number of ether oxygens (including phenoxy) is 1. The Kier molecular flexibility index (Phi) is 19.0. The third kappa shape index (κ3) is 16.2. The van der Waals surface area contributed by atoms with E-state index in [1.54, 1.807) is 0 Å². The van der Waals surface area contributed by atoms with Crippen LogP contribution >= 0.6 is 0 Å². The van der Waals surface area contributed by atoms with Crippen LogP contribution in [0.25, 0.3) is 0 Å². The maximum Gasteiger partial charge on any atom is 0.330 e. The van der Waals surface area contributed by atoms with E-state index in [0.29, 0.717) is 6.61 Å². The van der Waals surface area contributed by atoms with E-state index in [9.17, 15) is 4.79 Å². The highest BCUT2D eigenvalue weighted by Gasteiger charge is 2.03. The molecule has 0 unspecified atom stereocenters. The molecule has 0 aromatic carbocycles. The predicted molar refractivity (Wildman–Crippen MR) is 117 cm³/mol. The van der Waals surface area contributed by atoms with E-state index in [1.165, 1.54) is 88.8 Å². The van der Waals surface area contributed by atoms with Gasteiger partial charge in [-0.2, -0.15) is 0 Å². The number of rotatable bonds is 18. The van der Waals surface area contributed by atoms with Crippen LogP contribution in [0.1, 0.15) is 95.6 Å². The molecule has 0 aliphatic rings. The molecular weight excluding hydrogens is 382 g/mol. The summed E-state index contributed by atoms with van der Waals surface area (Å²) in [5, 5.41) is 0. The van der Waals surface area contributed by atoms with Crippen molar-refractivity contribution in [3.05, 3.63) is 42.7 Å². The van der Waals surface area contributed by atoms with Crippen LogP contribution in [-0.4, -0.2) is 12.6 Å². The molecule has 1 aromatic rings. The van der Waals surface area contributed by atoms with Crippen LogP contribution < -0.4 is 17.0 Å². The van der Waals surface area contributed by atoms with Crippen molar-refractivity contribution in [2.24, 2.45) is 0 Å². The molecule has 0 aliphatic heterocycles. The van der Waals surface area contributed by atoms with E-state index in [2.05, 4.69) is 42.5 Å². The first-order chi connectivity index (χ1) is 13.7. The van der Waals surface area contributed by atoms with Crippen molar-refractivity contribution >= 4 is 5.97 Å². The molecule has 0 saturated carbocycles. The Morgan fingerprint density at radius 1 is 0.862 bits per heavy atom. The van der Waals surface area contributed by atoms with Gasteiger partial charge < -0.3 is 17.1 Å². The average Bonchev–Trinajstić information content (AvgIpc) is 2.71. The predicted octanol–water partition coefficient (Wildman–Crippen LogP) is 3.48. The molecule has 0 aliphatic carbocycles. The number of carbonyl (C=O) groups is 1. The standard InChI is InChI=1S/C25H42NO2.ClH/c1-3-25(27)28-23-19-15-13-11-9-7-5-4-6-8-10-12-14-17-21-26-22-18-16-20-24(26)2;/h3,16,18,20,22H,1,4-15,17,19,21,23H2,2H3;1H/q+1;/p-1. The summed E-state index contributed by atoms with van der Waals surface area (Å²) in [5.74, 6) is -0.304. The Bertz CT molecular complexity index is 533. The van der Waals surface area contributed by atoms with Gasteiger partial charge in [0.2, 0.25) is 0 Å². The summed E-state index contributed by atoms with van der Waals surface area (Å²) < 4.78 is 7.33. The van der Waals surface area contributed by atoms with Crippen LogP contribution in [0.3, 0.4) is 0 Å². The van der Waals surface area contributed by atoms with Crippen molar-refractivity contribution in [1.29, 1.82) is 0 Å². The fraction of sp³-hybridized carbons (Fsp3) is 0.680. The summed E-state index contributed by atoms with van der Waals surface area (Å²) in [7, 11) is 0. The third-order valence-electron chi connectivity index (χ3n) is 5.37. The summed E-state index contributed by atoms with van der Waals surface area (Å²) in [4.78, 5) is 10.9. The largest absolute Gasteiger partial charge is 1.00 e. The van der Waals surface area contributed by atoms with Gasteiger partial charge in [0.25, 0.3) is 0 Å². The zero-order valence-electron chi connectivity index (χ0n) is 18.5. The molecule has 1 aromatic heterocycles. The Morgan fingerprint density at radius 2 is 1.34 bits per heavy atom. The van der Waals surface area contributed by atoms with Gasteiger partial charge in [-0.15, -0.1) is 0 Å². The lowest BCUT2D eigenvalue weighted by atomic mass is 10.0. The lowest BCUT2D eigenvalue weighted by Gasteiger charge is -2.04. The molecule has 29 heavy (non-hydrogen) atoms. The van der Waals surface area contributed by atoms with E-state index < -0.39 is 0 Å². The van der Waals surface area contributed by atoms with E-state index in [1.807, 2.05) is 0 Å². The van der Waals surface area contributed by atoms with Crippen molar-refractivity contribution in [3.63, 3.8) is 0 Å². The Balaban J connectivity index is 0.00000784. The number of pyridine rings is 1. The summed E-state index contributed by atoms with van der Waals surface area (Å²) >= 11 is 0. The van der Waals surface area contributed by atoms with Crippen molar-refractivity contribution in [2.75, 3.05) is 6.61 Å². The molecule has 0 saturated heterocycles. The molecule has 166 valence electrons. The van der Waals surface area contributed by atoms with E-state index >= 15 is 0 Å². The third-order valence-corrected chi connectivity index (χ3v) is 5.37. The second-order valence-corrected chi connectivity index (χ2v) is 7.86. The first-order valence-electron chi connectivity index (χ1n) is 11.5. The second kappa shape index (κ2) is 19.9. The van der Waals surface area contributed by atoms with Gasteiger partial charge in [0.15, 0.2) is 11.9 Å². The van der Waals surface area contributed by atoms with Gasteiger partial charge in [0.05, 0.1) is 6.61 Å². The number of esters is 1. The van der Waals surface area contributed by atoms with Gasteiger partial charge >= 0.3 is 5.97 Å². The first-order valence-corrected chi connectivity index (χ1v) is 11.5. The Morgan fingerprint density at radius 3 is 1.83 bits per heavy atom. The fourth-order valence-corrected chi connectivity index (χ4v) is 3.55. The molecule has 0 fully saturated rings. The summed E-state index contributed by atoms with van der Waals surface area (Å²) in [6.07, 6.45) is 21.9. The maximum absolute atomic E-state index is 10.9. The van der Waals surface area contributed by atoms with Crippen molar-refractivity contribution in [2.45, 2.75) is 103 Å². The highest BCUT2D eigenvalue weighted by atomic mass is 35.5. The van der Waals surface area contributed by atoms with E-state index in [-0.39, 0.29) is 18.4 Å². The molecule has 0 atom stereocenters. The Labute approximate surface area is 185 Å². The number of aryl methyl sites for hydroxylation is 2. The van der Waals surface area contributed by atoms with Crippen molar-refractivity contribution < 1.29 is 26.5 Å². The molecule has 1 heterocycles. The number of nitrogens with zero attached hydrogens (tertiary/aromatic N) is 1. The van der Waals surface area contributed by atoms with Crippen LogP contribution in [0.4, 0.5) is 0 Å². The number of halogens is 1. The van der Waals surface area contributed by atoms with Gasteiger partial charge in [0, 0.05) is 31.6 Å². The molecule has 3 nitrogen and oxygen atoms in total. The van der Waals surface area contributed by atoms with E-state index in [4.69, 9.17) is 4.74 Å². The number of hydrogen-bond donors (Lipinski definition) is 0. The maximum atomic E-state index is 10.9. The molecule has 0 amide bonds. The molecule has 4 heteroatoms. The molecular formula is C25H42ClNO2. The van der Waals surface area contributed by atoms with Gasteiger partial charge in [-0.1, -0.05) is 83.3 Å². The topological polar surface area (TPSA) is 30.2 Å². The number of aromatic nitrogens is 1. The quantitative estimate of drug-likeness (QED) is 0.156. The molecule has 0 bridgehead atoms. The minimum atomic E-state index is -0.304. The monoisotopic (exact) mass is 423 g/mol. The van der Waals surface area contributed by atoms with Gasteiger partial charge in [-0.3, -0.25) is 0 Å². The highest BCUT2D eigenvalue weighted by molar-refractivity contribution is 5.81. The SMILES string of the molecule is C=CC(=O)OCCCCCCCCCCCCCCCC[n+]1ccccc1C.[Cl-]. The van der Waals surface area contributed by atoms with Crippen LogP contribution in [0, 0.1) is 6.92 Å². The number of unbranched alkanes of at least 4 members (excludes halogenated alkanes) is 13. The van der Waals surface area contributed by atoms with Crippen LogP contribution in [0.15, 0.2) is 37.1 Å². The summed E-state index contributed by atoms with van der Waals surface area (Å²) in [5.41, 5.74) is 1.36. The smallest absolute Gasteiger partial charge is 0.330 e. The fourth-order valence-electron chi connectivity index (χ4n) is 3.55. The summed E-state index contributed by atoms with van der Waals surface area (Å²) in [6, 6.07) is 6.42. The summed E-state index contributed by atoms with van der Waals surface area (Å²) in [6.45, 7) is 7.27. The minimum Gasteiger partial charge on any atom is -1.00 e. The first kappa shape index (κ1) is 27.6. The molecule has 0 N–H and O–H groups in total. The lowest BCUT2D eigenvalue weighted by molar-refractivity contribution is -0.703. The van der Waals surface area contributed by atoms with Crippen molar-refractivity contribution in [3.8, 4) is 0 Å². The zero-order valence-corrected chi connectivity index (χ0v) is 19.3. The lowest BCUT2D eigenvalue weighted by Crippen LogP contribution is -3.00. The van der Waals surface area contributed by atoms with E-state index in [0.717, 1.165) is 19.4 Å². The number of carbonyl (C=O) groups excluding carboxylic acids is 1. The minimum absolute atomic E-state index is 0. The molecule has 1 rings (SSSR count). The van der Waals surface area contributed by atoms with Gasteiger partial charge in [0.1, 0.15) is 6.54 Å². The number of hydrogen-bond acceptors (Lipinski definition) is 2. The molecule has 0 radical (unpaired) electrons. The van der Waals surface area contributed by atoms with Crippen molar-refractivity contribution in [1.82, 2.24) is 0 Å². The van der Waals surface area contributed by atoms with Crippen LogP contribution in [-0.2, 0) is 16.1 Å². The molecule has 0 spiro atoms. The highest BCUT2D eigenvalue weighted by Crippen LogP contribution is 2.13. The van der Waals surface area contributed by atoms with Gasteiger partial charge in [-0.25, -0.2) is 9.36 Å². The normalized spacial score (nSPS) is 10.4. The van der Waals surface area contributed by atoms with Gasteiger partial charge in [-0.05, 0) is 12.8 Å². The van der Waals surface area contributed by atoms with Crippen LogP contribution in [0.2, 0.25) is 0 Å². The Hall–Kier alpha value is -1.35. The van der Waals surface area contributed by atoms with Crippen LogP contribution in [0.5, 0.6) is 0 Å². The zero-order chi connectivity index (χ0) is 20.3.